The van der Waals surface area contributed by atoms with Crippen molar-refractivity contribution < 1.29 is 24.2 Å². The van der Waals surface area contributed by atoms with E-state index < -0.39 is 17.7 Å². The quantitative estimate of drug-likeness (QED) is 0.225. The van der Waals surface area contributed by atoms with Crippen LogP contribution in [0.5, 0.6) is 11.5 Å². The molecule has 8 heteroatoms. The molecule has 0 spiro atoms. The zero-order chi connectivity index (χ0) is 24.5. The fraction of sp³-hybridized carbons (Fsp3) is 0.148. The molecule has 0 bridgehead atoms. The predicted octanol–water partition coefficient (Wildman–Crippen LogP) is 5.33. The lowest BCUT2D eigenvalue weighted by Gasteiger charge is -2.24. The molecule has 1 unspecified atom stereocenters. The van der Waals surface area contributed by atoms with Crippen LogP contribution < -0.4 is 14.4 Å². The van der Waals surface area contributed by atoms with E-state index in [4.69, 9.17) is 9.47 Å². The Morgan fingerprint density at radius 1 is 1.06 bits per heavy atom. The van der Waals surface area contributed by atoms with E-state index in [1.807, 2.05) is 31.2 Å². The summed E-state index contributed by atoms with van der Waals surface area (Å²) >= 11 is 1.28. The molecular weight excluding hydrogens is 464 g/mol. The van der Waals surface area contributed by atoms with E-state index in [2.05, 4.69) is 4.98 Å². The largest absolute Gasteiger partial charge is 0.507 e. The first kappa shape index (κ1) is 22.6. The standard InChI is InChI=1S/C27H22N2O5S/c1-3-34-17-13-14-19-21(15-17)35-27(28-19)29-23(18-11-7-8-12-20(18)33-2)22(25(31)26(29)32)24(30)16-9-5-4-6-10-16/h4-15,23,30H,3H2,1-2H3. The van der Waals surface area contributed by atoms with Gasteiger partial charge in [-0.1, -0.05) is 59.9 Å². The van der Waals surface area contributed by atoms with Crippen LogP contribution in [0.15, 0.2) is 78.4 Å². The van der Waals surface area contributed by atoms with Crippen LogP contribution >= 0.6 is 11.3 Å². The minimum absolute atomic E-state index is 0.0139. The van der Waals surface area contributed by atoms with E-state index in [-0.39, 0.29) is 11.3 Å². The summed E-state index contributed by atoms with van der Waals surface area (Å²) in [6, 6.07) is 20.4. The average Bonchev–Trinajstić information content (AvgIpc) is 3.42. The van der Waals surface area contributed by atoms with Crippen LogP contribution in [0.2, 0.25) is 0 Å². The number of fused-ring (bicyclic) bond motifs is 1. The number of aliphatic hydroxyl groups excluding tert-OH is 1. The number of ketones is 1. The predicted molar refractivity (Wildman–Crippen MR) is 135 cm³/mol. The lowest BCUT2D eigenvalue weighted by Crippen LogP contribution is -2.29. The monoisotopic (exact) mass is 486 g/mol. The van der Waals surface area contributed by atoms with Crippen molar-refractivity contribution in [3.05, 3.63) is 89.5 Å². The van der Waals surface area contributed by atoms with Crippen LogP contribution in [-0.4, -0.2) is 35.5 Å². The molecule has 1 saturated heterocycles. The van der Waals surface area contributed by atoms with E-state index >= 15 is 0 Å². The van der Waals surface area contributed by atoms with Gasteiger partial charge < -0.3 is 14.6 Å². The smallest absolute Gasteiger partial charge is 0.301 e. The van der Waals surface area contributed by atoms with Crippen LogP contribution in [0, 0.1) is 0 Å². The number of aromatic nitrogens is 1. The number of carbonyl (C=O) groups is 2. The molecule has 4 aromatic rings. The molecule has 1 aliphatic rings. The third-order valence-corrected chi connectivity index (χ3v) is 6.81. The van der Waals surface area contributed by atoms with Crippen LogP contribution in [0.3, 0.4) is 0 Å². The molecule has 0 saturated carbocycles. The number of aliphatic hydroxyl groups is 1. The van der Waals surface area contributed by atoms with E-state index in [0.29, 0.717) is 39.9 Å². The number of rotatable bonds is 6. The molecule has 1 aliphatic heterocycles. The first-order chi connectivity index (χ1) is 17.0. The second-order valence-corrected chi connectivity index (χ2v) is 8.85. The molecule has 1 fully saturated rings. The molecule has 35 heavy (non-hydrogen) atoms. The molecule has 0 aliphatic carbocycles. The molecule has 7 nitrogen and oxygen atoms in total. The van der Waals surface area contributed by atoms with Crippen molar-refractivity contribution in [1.82, 2.24) is 4.98 Å². The van der Waals surface area contributed by atoms with Gasteiger partial charge in [-0.15, -0.1) is 0 Å². The second kappa shape index (κ2) is 9.23. The Bertz CT molecular complexity index is 1460. The summed E-state index contributed by atoms with van der Waals surface area (Å²) < 4.78 is 12.0. The number of hydrogen-bond donors (Lipinski definition) is 1. The lowest BCUT2D eigenvalue weighted by atomic mass is 9.95. The summed E-state index contributed by atoms with van der Waals surface area (Å²) in [5.41, 5.74) is 1.68. The van der Waals surface area contributed by atoms with Crippen molar-refractivity contribution in [3.63, 3.8) is 0 Å². The number of hydrogen-bond acceptors (Lipinski definition) is 7. The number of benzene rings is 3. The van der Waals surface area contributed by atoms with Gasteiger partial charge in [0, 0.05) is 11.1 Å². The van der Waals surface area contributed by atoms with Crippen molar-refractivity contribution in [2.24, 2.45) is 0 Å². The van der Waals surface area contributed by atoms with Crippen molar-refractivity contribution in [1.29, 1.82) is 0 Å². The molecule has 1 amide bonds. The van der Waals surface area contributed by atoms with Crippen molar-refractivity contribution in [2.45, 2.75) is 13.0 Å². The number of anilines is 1. The zero-order valence-electron chi connectivity index (χ0n) is 19.1. The maximum absolute atomic E-state index is 13.4. The number of Topliss-reactive ketones (excluding diaryl/α,β-unsaturated/α-hetero) is 1. The Morgan fingerprint density at radius 2 is 1.80 bits per heavy atom. The van der Waals surface area contributed by atoms with Gasteiger partial charge in [-0.25, -0.2) is 4.98 Å². The van der Waals surface area contributed by atoms with Gasteiger partial charge in [0.15, 0.2) is 5.13 Å². The van der Waals surface area contributed by atoms with Gasteiger partial charge in [-0.3, -0.25) is 14.5 Å². The highest BCUT2D eigenvalue weighted by Gasteiger charge is 2.49. The minimum atomic E-state index is -0.918. The van der Waals surface area contributed by atoms with Crippen molar-refractivity contribution in [2.75, 3.05) is 18.6 Å². The first-order valence-corrected chi connectivity index (χ1v) is 11.9. The summed E-state index contributed by atoms with van der Waals surface area (Å²) in [7, 11) is 1.52. The Morgan fingerprint density at radius 3 is 2.54 bits per heavy atom. The summed E-state index contributed by atoms with van der Waals surface area (Å²) in [4.78, 5) is 32.8. The van der Waals surface area contributed by atoms with Crippen LogP contribution in [0.25, 0.3) is 16.0 Å². The molecule has 0 radical (unpaired) electrons. The molecular formula is C27H22N2O5S. The normalized spacial score (nSPS) is 17.2. The number of para-hydroxylation sites is 1. The van der Waals surface area contributed by atoms with Crippen molar-refractivity contribution >= 4 is 44.1 Å². The number of carbonyl (C=O) groups excluding carboxylic acids is 2. The van der Waals surface area contributed by atoms with Gasteiger partial charge in [0.2, 0.25) is 0 Å². The fourth-order valence-corrected chi connectivity index (χ4v) is 5.24. The Kier molecular flexibility index (Phi) is 5.96. The topological polar surface area (TPSA) is 89.0 Å². The third kappa shape index (κ3) is 3.91. The molecule has 1 aromatic heterocycles. The zero-order valence-corrected chi connectivity index (χ0v) is 19.9. The fourth-order valence-electron chi connectivity index (χ4n) is 4.22. The highest BCUT2D eigenvalue weighted by atomic mass is 32.1. The highest BCUT2D eigenvalue weighted by molar-refractivity contribution is 7.22. The molecule has 176 valence electrons. The van der Waals surface area contributed by atoms with Gasteiger partial charge >= 0.3 is 5.91 Å². The van der Waals surface area contributed by atoms with E-state index in [1.165, 1.54) is 23.3 Å². The van der Waals surface area contributed by atoms with Gasteiger partial charge in [0.05, 0.1) is 29.5 Å². The number of amides is 1. The van der Waals surface area contributed by atoms with E-state index in [9.17, 15) is 14.7 Å². The Hall–Kier alpha value is -4.17. The van der Waals surface area contributed by atoms with E-state index in [1.54, 1.807) is 48.5 Å². The van der Waals surface area contributed by atoms with Gasteiger partial charge in [0.25, 0.3) is 5.78 Å². The number of methoxy groups -OCH3 is 1. The molecule has 2 heterocycles. The summed E-state index contributed by atoms with van der Waals surface area (Å²) in [5, 5.41) is 11.6. The van der Waals surface area contributed by atoms with Crippen LogP contribution in [-0.2, 0) is 9.59 Å². The first-order valence-electron chi connectivity index (χ1n) is 11.1. The van der Waals surface area contributed by atoms with E-state index in [0.717, 1.165) is 4.70 Å². The summed E-state index contributed by atoms with van der Waals surface area (Å²) in [6.45, 7) is 2.43. The summed E-state index contributed by atoms with van der Waals surface area (Å²) in [6.07, 6.45) is 0. The van der Waals surface area contributed by atoms with Crippen molar-refractivity contribution in [3.8, 4) is 11.5 Å². The lowest BCUT2D eigenvalue weighted by molar-refractivity contribution is -0.132. The molecule has 1 N–H and O–H groups in total. The molecule has 1 atom stereocenters. The minimum Gasteiger partial charge on any atom is -0.507 e. The number of thiazole rings is 1. The maximum Gasteiger partial charge on any atom is 0.301 e. The van der Waals surface area contributed by atoms with Gasteiger partial charge in [-0.2, -0.15) is 0 Å². The summed E-state index contributed by atoms with van der Waals surface area (Å²) in [5.74, 6) is -0.605. The van der Waals surface area contributed by atoms with Gasteiger partial charge in [-0.05, 0) is 31.2 Å². The average molecular weight is 487 g/mol. The molecule has 3 aromatic carbocycles. The van der Waals surface area contributed by atoms with Gasteiger partial charge in [0.1, 0.15) is 23.3 Å². The molecule has 5 rings (SSSR count). The Balaban J connectivity index is 1.73. The van der Waals surface area contributed by atoms with Crippen LogP contribution in [0.1, 0.15) is 24.1 Å². The third-order valence-electron chi connectivity index (χ3n) is 5.79. The SMILES string of the molecule is CCOc1ccc2nc(N3C(=O)C(=O)C(=C(O)c4ccccc4)C3c3ccccc3OC)sc2c1. The maximum atomic E-state index is 13.4. The number of ether oxygens (including phenoxy) is 2. The second-order valence-electron chi connectivity index (χ2n) is 7.84. The van der Waals surface area contributed by atoms with Crippen LogP contribution in [0.4, 0.5) is 5.13 Å². The Labute approximate surface area is 205 Å². The number of nitrogens with zero attached hydrogens (tertiary/aromatic N) is 2. The highest BCUT2D eigenvalue weighted by Crippen LogP contribution is 2.46.